The second-order valence-electron chi connectivity index (χ2n) is 3.61. The van der Waals surface area contributed by atoms with Crippen LogP contribution in [0.25, 0.3) is 0 Å². The predicted molar refractivity (Wildman–Crippen MR) is 64.4 cm³/mol. The minimum absolute atomic E-state index is 0.224. The Morgan fingerprint density at radius 1 is 1.19 bits per heavy atom. The molecule has 0 saturated carbocycles. The van der Waals surface area contributed by atoms with Gasteiger partial charge in [-0.25, -0.2) is 13.6 Å². The Morgan fingerprint density at radius 3 is 2.25 bits per heavy atom. The highest BCUT2D eigenvalue weighted by Crippen LogP contribution is 2.15. The molecule has 0 bridgehead atoms. The van der Waals surface area contributed by atoms with Crippen LogP contribution in [0.4, 0.5) is 0 Å². The standard InChI is InChI=1S/C11H18N2O2S/c1-3-13(4-2)9-10-7-5-6-8-11(10)16(12,14)15/h5-8H,3-4,9H2,1-2H3,(H2,12,14,15). The van der Waals surface area contributed by atoms with E-state index in [1.165, 1.54) is 0 Å². The summed E-state index contributed by atoms with van der Waals surface area (Å²) in [4.78, 5) is 2.37. The van der Waals surface area contributed by atoms with Gasteiger partial charge in [-0.3, -0.25) is 4.90 Å². The van der Waals surface area contributed by atoms with E-state index in [1.54, 1.807) is 18.2 Å². The molecule has 90 valence electrons. The molecule has 0 radical (unpaired) electrons. The summed E-state index contributed by atoms with van der Waals surface area (Å²) >= 11 is 0. The summed E-state index contributed by atoms with van der Waals surface area (Å²) in [5.41, 5.74) is 0.758. The van der Waals surface area contributed by atoms with Gasteiger partial charge in [-0.05, 0) is 24.7 Å². The van der Waals surface area contributed by atoms with Gasteiger partial charge >= 0.3 is 0 Å². The molecule has 4 nitrogen and oxygen atoms in total. The molecule has 2 N–H and O–H groups in total. The Balaban J connectivity index is 3.05. The number of benzene rings is 1. The number of rotatable bonds is 5. The quantitative estimate of drug-likeness (QED) is 0.843. The van der Waals surface area contributed by atoms with Crippen LogP contribution in [0, 0.1) is 0 Å². The molecule has 1 aromatic carbocycles. The molecule has 0 aromatic heterocycles. The van der Waals surface area contributed by atoms with Crippen LogP contribution in [0.5, 0.6) is 0 Å². The third kappa shape index (κ3) is 3.30. The first kappa shape index (κ1) is 13.2. The molecule has 0 heterocycles. The molecule has 0 unspecified atom stereocenters. The summed E-state index contributed by atoms with van der Waals surface area (Å²) in [7, 11) is -3.62. The average Bonchev–Trinajstić information content (AvgIpc) is 2.25. The molecular formula is C11H18N2O2S. The highest BCUT2D eigenvalue weighted by Gasteiger charge is 2.14. The van der Waals surface area contributed by atoms with Crippen molar-refractivity contribution in [2.45, 2.75) is 25.3 Å². The van der Waals surface area contributed by atoms with Crippen LogP contribution < -0.4 is 5.14 Å². The van der Waals surface area contributed by atoms with Gasteiger partial charge in [0.2, 0.25) is 10.0 Å². The van der Waals surface area contributed by atoms with E-state index in [1.807, 2.05) is 19.9 Å². The summed E-state index contributed by atoms with van der Waals surface area (Å²) in [6.07, 6.45) is 0. The molecule has 0 aliphatic heterocycles. The molecule has 5 heteroatoms. The van der Waals surface area contributed by atoms with Crippen molar-refractivity contribution in [3.8, 4) is 0 Å². The molecule has 0 atom stereocenters. The van der Waals surface area contributed by atoms with Gasteiger partial charge in [-0.15, -0.1) is 0 Å². The third-order valence-electron chi connectivity index (χ3n) is 2.57. The van der Waals surface area contributed by atoms with Crippen molar-refractivity contribution in [2.24, 2.45) is 5.14 Å². The van der Waals surface area contributed by atoms with Crippen LogP contribution in [-0.2, 0) is 16.6 Å². The van der Waals surface area contributed by atoms with E-state index in [0.717, 1.165) is 18.7 Å². The van der Waals surface area contributed by atoms with Gasteiger partial charge in [0.15, 0.2) is 0 Å². The summed E-state index contributed by atoms with van der Waals surface area (Å²) in [6.45, 7) is 6.47. The van der Waals surface area contributed by atoms with E-state index in [0.29, 0.717) is 6.54 Å². The fraction of sp³-hybridized carbons (Fsp3) is 0.455. The molecule has 0 spiro atoms. The average molecular weight is 242 g/mol. The van der Waals surface area contributed by atoms with Gasteiger partial charge in [0.1, 0.15) is 0 Å². The Bertz CT molecular complexity index is 439. The maximum Gasteiger partial charge on any atom is 0.238 e. The van der Waals surface area contributed by atoms with E-state index in [9.17, 15) is 8.42 Å². The second kappa shape index (κ2) is 5.43. The van der Waals surface area contributed by atoms with Crippen LogP contribution >= 0.6 is 0 Å². The van der Waals surface area contributed by atoms with Crippen LogP contribution in [0.2, 0.25) is 0 Å². The Hall–Kier alpha value is -0.910. The highest BCUT2D eigenvalue weighted by atomic mass is 32.2. The van der Waals surface area contributed by atoms with Crippen LogP contribution in [0.15, 0.2) is 29.2 Å². The van der Waals surface area contributed by atoms with Gasteiger partial charge in [0.25, 0.3) is 0 Å². The van der Waals surface area contributed by atoms with Crippen LogP contribution in [0.3, 0.4) is 0 Å². The zero-order valence-corrected chi connectivity index (χ0v) is 10.5. The summed E-state index contributed by atoms with van der Waals surface area (Å²) in [5, 5.41) is 5.17. The number of nitrogens with zero attached hydrogens (tertiary/aromatic N) is 1. The smallest absolute Gasteiger partial charge is 0.238 e. The number of primary sulfonamides is 1. The van der Waals surface area contributed by atoms with E-state index < -0.39 is 10.0 Å². The van der Waals surface area contributed by atoms with Crippen molar-refractivity contribution >= 4 is 10.0 Å². The summed E-state index contributed by atoms with van der Waals surface area (Å²) in [6, 6.07) is 6.87. The minimum Gasteiger partial charge on any atom is -0.300 e. The van der Waals surface area contributed by atoms with Crippen LogP contribution in [0.1, 0.15) is 19.4 Å². The van der Waals surface area contributed by atoms with Crippen molar-refractivity contribution in [3.63, 3.8) is 0 Å². The van der Waals surface area contributed by atoms with Gasteiger partial charge < -0.3 is 0 Å². The first-order valence-electron chi connectivity index (χ1n) is 5.32. The lowest BCUT2D eigenvalue weighted by atomic mass is 10.2. The van der Waals surface area contributed by atoms with Crippen molar-refractivity contribution in [1.29, 1.82) is 0 Å². The van der Waals surface area contributed by atoms with E-state index in [4.69, 9.17) is 5.14 Å². The van der Waals surface area contributed by atoms with Crippen molar-refractivity contribution in [1.82, 2.24) is 4.90 Å². The maximum absolute atomic E-state index is 11.4. The van der Waals surface area contributed by atoms with E-state index >= 15 is 0 Å². The van der Waals surface area contributed by atoms with Crippen molar-refractivity contribution in [2.75, 3.05) is 13.1 Å². The molecule has 0 aliphatic rings. The second-order valence-corrected chi connectivity index (χ2v) is 5.14. The molecule has 1 rings (SSSR count). The zero-order chi connectivity index (χ0) is 12.2. The van der Waals surface area contributed by atoms with E-state index in [2.05, 4.69) is 4.90 Å². The van der Waals surface area contributed by atoms with Gasteiger partial charge in [0, 0.05) is 6.54 Å². The molecule has 16 heavy (non-hydrogen) atoms. The molecule has 0 amide bonds. The van der Waals surface area contributed by atoms with Gasteiger partial charge in [-0.2, -0.15) is 0 Å². The lowest BCUT2D eigenvalue weighted by molar-refractivity contribution is 0.293. The monoisotopic (exact) mass is 242 g/mol. The lowest BCUT2D eigenvalue weighted by Crippen LogP contribution is -2.24. The molecule has 0 saturated heterocycles. The van der Waals surface area contributed by atoms with Gasteiger partial charge in [0.05, 0.1) is 4.90 Å². The first-order valence-corrected chi connectivity index (χ1v) is 6.86. The third-order valence-corrected chi connectivity index (χ3v) is 3.58. The first-order chi connectivity index (χ1) is 7.49. The number of nitrogens with two attached hydrogens (primary N) is 1. The van der Waals surface area contributed by atoms with Gasteiger partial charge in [-0.1, -0.05) is 32.0 Å². The Kier molecular flexibility index (Phi) is 4.46. The molecule has 0 aliphatic carbocycles. The Morgan fingerprint density at radius 2 is 1.75 bits per heavy atom. The fourth-order valence-electron chi connectivity index (χ4n) is 1.60. The normalized spacial score (nSPS) is 12.0. The maximum atomic E-state index is 11.4. The summed E-state index contributed by atoms with van der Waals surface area (Å²) < 4.78 is 22.7. The van der Waals surface area contributed by atoms with Crippen LogP contribution in [-0.4, -0.2) is 26.4 Å². The number of hydrogen-bond acceptors (Lipinski definition) is 3. The molecule has 0 fully saturated rings. The molecule has 1 aromatic rings. The largest absolute Gasteiger partial charge is 0.300 e. The predicted octanol–water partition coefficient (Wildman–Crippen LogP) is 1.18. The Labute approximate surface area is 97.1 Å². The van der Waals surface area contributed by atoms with Crippen molar-refractivity contribution < 1.29 is 8.42 Å². The van der Waals surface area contributed by atoms with Crippen molar-refractivity contribution in [3.05, 3.63) is 29.8 Å². The van der Waals surface area contributed by atoms with E-state index in [-0.39, 0.29) is 4.90 Å². The zero-order valence-electron chi connectivity index (χ0n) is 9.68. The summed E-state index contributed by atoms with van der Waals surface area (Å²) in [5.74, 6) is 0. The highest BCUT2D eigenvalue weighted by molar-refractivity contribution is 7.89. The number of hydrogen-bond donors (Lipinski definition) is 1. The molecular weight excluding hydrogens is 224 g/mol. The minimum atomic E-state index is -3.62. The SMILES string of the molecule is CCN(CC)Cc1ccccc1S(N)(=O)=O. The number of sulfonamides is 1. The fourth-order valence-corrected chi connectivity index (χ4v) is 2.37. The lowest BCUT2D eigenvalue weighted by Gasteiger charge is -2.19. The topological polar surface area (TPSA) is 63.4 Å².